The van der Waals surface area contributed by atoms with Crippen LogP contribution in [0, 0.1) is 0 Å². The van der Waals surface area contributed by atoms with Crippen LogP contribution in [-0.2, 0) is 9.53 Å². The average Bonchev–Trinajstić information content (AvgIpc) is 1.86. The summed E-state index contributed by atoms with van der Waals surface area (Å²) in [5, 5.41) is 0. The van der Waals surface area contributed by atoms with E-state index in [1.165, 1.54) is 7.11 Å². The van der Waals surface area contributed by atoms with Gasteiger partial charge in [0.1, 0.15) is 5.54 Å². The lowest BCUT2D eigenvalue weighted by atomic mass is 10.0. The second kappa shape index (κ2) is 2.82. The molecule has 0 saturated carbocycles. The van der Waals surface area contributed by atoms with Crippen LogP contribution >= 0.6 is 0 Å². The molecule has 0 aliphatic rings. The van der Waals surface area contributed by atoms with E-state index in [-0.39, 0.29) is 5.97 Å². The third-order valence-electron chi connectivity index (χ3n) is 1.39. The van der Waals surface area contributed by atoms with Crippen LogP contribution in [-0.4, -0.2) is 18.6 Å². The normalized spacial score (nSPS) is 16.4. The molecular formula is C6H13NO2. The van der Waals surface area contributed by atoms with E-state index in [9.17, 15) is 4.79 Å². The fraction of sp³-hybridized carbons (Fsp3) is 0.833. The minimum absolute atomic E-state index is 0.356. The van der Waals surface area contributed by atoms with Crippen LogP contribution in [0.15, 0.2) is 0 Å². The lowest BCUT2D eigenvalue weighted by Crippen LogP contribution is -2.44. The monoisotopic (exact) mass is 131 g/mol. The fourth-order valence-electron chi connectivity index (χ4n) is 0.377. The van der Waals surface area contributed by atoms with Crippen molar-refractivity contribution in [1.29, 1.82) is 0 Å². The van der Waals surface area contributed by atoms with Gasteiger partial charge in [0.25, 0.3) is 0 Å². The summed E-state index contributed by atoms with van der Waals surface area (Å²) in [6.07, 6.45) is 0.597. The van der Waals surface area contributed by atoms with Crippen LogP contribution in [0.4, 0.5) is 0 Å². The largest absolute Gasteiger partial charge is 0.468 e. The Labute approximate surface area is 55.2 Å². The average molecular weight is 131 g/mol. The van der Waals surface area contributed by atoms with Gasteiger partial charge in [0.15, 0.2) is 0 Å². The summed E-state index contributed by atoms with van der Waals surface area (Å²) in [7, 11) is 1.34. The van der Waals surface area contributed by atoms with Gasteiger partial charge in [0, 0.05) is 0 Å². The van der Waals surface area contributed by atoms with Gasteiger partial charge in [-0.25, -0.2) is 0 Å². The molecule has 54 valence electrons. The van der Waals surface area contributed by atoms with Crippen LogP contribution < -0.4 is 5.73 Å². The standard InChI is InChI=1S/C6H13NO2/c1-4-6(2,7)5(8)9-3/h4,7H2,1-3H3/t6-/m0/s1. The molecule has 0 aliphatic carbocycles. The SMILES string of the molecule is CC[C@](C)(N)C(=O)OC. The van der Waals surface area contributed by atoms with Crippen molar-refractivity contribution >= 4 is 5.97 Å². The molecule has 0 amide bonds. The zero-order valence-electron chi connectivity index (χ0n) is 6.10. The number of carbonyl (C=O) groups excluding carboxylic acids is 1. The maximum Gasteiger partial charge on any atom is 0.325 e. The van der Waals surface area contributed by atoms with E-state index >= 15 is 0 Å². The van der Waals surface area contributed by atoms with E-state index in [1.54, 1.807) is 6.92 Å². The van der Waals surface area contributed by atoms with Gasteiger partial charge in [-0.3, -0.25) is 4.79 Å². The van der Waals surface area contributed by atoms with Gasteiger partial charge in [0.05, 0.1) is 7.11 Å². The number of ether oxygens (including phenoxy) is 1. The summed E-state index contributed by atoms with van der Waals surface area (Å²) in [6, 6.07) is 0. The molecule has 0 bridgehead atoms. The van der Waals surface area contributed by atoms with Crippen molar-refractivity contribution in [3.63, 3.8) is 0 Å². The van der Waals surface area contributed by atoms with Gasteiger partial charge in [-0.05, 0) is 13.3 Å². The first-order valence-corrected chi connectivity index (χ1v) is 2.92. The summed E-state index contributed by atoms with van der Waals surface area (Å²) in [5.74, 6) is -0.356. The molecule has 0 spiro atoms. The number of hydrogen-bond acceptors (Lipinski definition) is 3. The molecule has 3 nitrogen and oxygen atoms in total. The van der Waals surface area contributed by atoms with Crippen molar-refractivity contribution < 1.29 is 9.53 Å². The number of carbonyl (C=O) groups is 1. The highest BCUT2D eigenvalue weighted by molar-refractivity contribution is 5.79. The van der Waals surface area contributed by atoms with E-state index < -0.39 is 5.54 Å². The molecule has 0 aliphatic heterocycles. The Morgan fingerprint density at radius 3 is 2.33 bits per heavy atom. The predicted octanol–water partition coefficient (Wildman–Crippen LogP) is 0.287. The second-order valence-corrected chi connectivity index (χ2v) is 2.26. The molecule has 0 rings (SSSR count). The Balaban J connectivity index is 3.97. The predicted molar refractivity (Wildman–Crippen MR) is 34.9 cm³/mol. The van der Waals surface area contributed by atoms with Crippen LogP contribution in [0.5, 0.6) is 0 Å². The Bertz CT molecular complexity index is 110. The lowest BCUT2D eigenvalue weighted by molar-refractivity contribution is -0.146. The molecule has 9 heavy (non-hydrogen) atoms. The highest BCUT2D eigenvalue weighted by Crippen LogP contribution is 2.05. The van der Waals surface area contributed by atoms with Gasteiger partial charge in [-0.2, -0.15) is 0 Å². The Kier molecular flexibility index (Phi) is 2.65. The zero-order valence-corrected chi connectivity index (χ0v) is 6.10. The van der Waals surface area contributed by atoms with Crippen molar-refractivity contribution in [3.8, 4) is 0 Å². The number of nitrogens with two attached hydrogens (primary N) is 1. The molecule has 0 fully saturated rings. The number of rotatable bonds is 2. The number of methoxy groups -OCH3 is 1. The quantitative estimate of drug-likeness (QED) is 0.548. The Hall–Kier alpha value is -0.570. The van der Waals surface area contributed by atoms with Gasteiger partial charge in [-0.15, -0.1) is 0 Å². The molecule has 0 aromatic carbocycles. The third kappa shape index (κ3) is 2.01. The molecule has 2 N–H and O–H groups in total. The molecular weight excluding hydrogens is 118 g/mol. The molecule has 0 unspecified atom stereocenters. The fourth-order valence-corrected chi connectivity index (χ4v) is 0.377. The number of esters is 1. The molecule has 3 heteroatoms. The first-order valence-electron chi connectivity index (χ1n) is 2.92. The third-order valence-corrected chi connectivity index (χ3v) is 1.39. The van der Waals surface area contributed by atoms with Crippen LogP contribution in [0.2, 0.25) is 0 Å². The molecule has 0 aromatic rings. The van der Waals surface area contributed by atoms with E-state index in [1.807, 2.05) is 6.92 Å². The molecule has 0 aromatic heterocycles. The molecule has 1 atom stereocenters. The molecule has 0 saturated heterocycles. The Morgan fingerprint density at radius 2 is 2.22 bits per heavy atom. The van der Waals surface area contributed by atoms with Crippen LogP contribution in [0.1, 0.15) is 20.3 Å². The Morgan fingerprint density at radius 1 is 1.78 bits per heavy atom. The van der Waals surface area contributed by atoms with Crippen LogP contribution in [0.25, 0.3) is 0 Å². The maximum absolute atomic E-state index is 10.7. The molecule has 0 heterocycles. The van der Waals surface area contributed by atoms with Gasteiger partial charge >= 0.3 is 5.97 Å². The minimum Gasteiger partial charge on any atom is -0.468 e. The summed E-state index contributed by atoms with van der Waals surface area (Å²) >= 11 is 0. The van der Waals surface area contributed by atoms with E-state index in [2.05, 4.69) is 4.74 Å². The van der Waals surface area contributed by atoms with E-state index in [0.717, 1.165) is 0 Å². The molecule has 0 radical (unpaired) electrons. The first kappa shape index (κ1) is 8.43. The van der Waals surface area contributed by atoms with Crippen molar-refractivity contribution in [2.45, 2.75) is 25.8 Å². The summed E-state index contributed by atoms with van der Waals surface area (Å²) in [6.45, 7) is 3.50. The van der Waals surface area contributed by atoms with Crippen molar-refractivity contribution in [1.82, 2.24) is 0 Å². The van der Waals surface area contributed by atoms with Gasteiger partial charge < -0.3 is 10.5 Å². The smallest absolute Gasteiger partial charge is 0.325 e. The maximum atomic E-state index is 10.7. The van der Waals surface area contributed by atoms with Gasteiger partial charge in [0.2, 0.25) is 0 Å². The first-order chi connectivity index (χ1) is 4.04. The lowest BCUT2D eigenvalue weighted by Gasteiger charge is -2.18. The highest BCUT2D eigenvalue weighted by atomic mass is 16.5. The van der Waals surface area contributed by atoms with Crippen molar-refractivity contribution in [2.75, 3.05) is 7.11 Å². The second-order valence-electron chi connectivity index (χ2n) is 2.26. The van der Waals surface area contributed by atoms with E-state index in [4.69, 9.17) is 5.73 Å². The minimum atomic E-state index is -0.811. The van der Waals surface area contributed by atoms with Gasteiger partial charge in [-0.1, -0.05) is 6.92 Å². The highest BCUT2D eigenvalue weighted by Gasteiger charge is 2.26. The topological polar surface area (TPSA) is 52.3 Å². The number of hydrogen-bond donors (Lipinski definition) is 1. The van der Waals surface area contributed by atoms with Crippen molar-refractivity contribution in [2.24, 2.45) is 5.73 Å². The van der Waals surface area contributed by atoms with Crippen LogP contribution in [0.3, 0.4) is 0 Å². The van der Waals surface area contributed by atoms with E-state index in [0.29, 0.717) is 6.42 Å². The summed E-state index contributed by atoms with van der Waals surface area (Å²) in [4.78, 5) is 10.7. The summed E-state index contributed by atoms with van der Waals surface area (Å²) < 4.78 is 4.44. The summed E-state index contributed by atoms with van der Waals surface area (Å²) in [5.41, 5.74) is 4.68. The zero-order chi connectivity index (χ0) is 7.49. The van der Waals surface area contributed by atoms with Crippen molar-refractivity contribution in [3.05, 3.63) is 0 Å².